The molecule has 2 N–H and O–H groups in total. The number of hydrogen-bond acceptors (Lipinski definition) is 5. The van der Waals surface area contributed by atoms with Crippen LogP contribution in [-0.2, 0) is 10.3 Å². The van der Waals surface area contributed by atoms with Crippen LogP contribution in [-0.4, -0.2) is 106 Å². The van der Waals surface area contributed by atoms with E-state index in [-0.39, 0.29) is 42.7 Å². The van der Waals surface area contributed by atoms with Crippen LogP contribution >= 0.6 is 0 Å². The Hall–Kier alpha value is -2.16. The molecular formula is C27H40N4O4. The molecule has 0 radical (unpaired) electrons. The van der Waals surface area contributed by atoms with E-state index in [0.717, 1.165) is 32.2 Å². The minimum Gasteiger partial charge on any atom is -0.388 e. The van der Waals surface area contributed by atoms with Crippen LogP contribution in [0.3, 0.4) is 0 Å². The molecule has 2 aliphatic carbocycles. The first-order chi connectivity index (χ1) is 16.7. The molecule has 5 rings (SSSR count). The molecule has 0 bridgehead atoms. The van der Waals surface area contributed by atoms with Crippen molar-refractivity contribution >= 4 is 11.9 Å². The SMILES string of the molecule is CN(C)[C@]1(c2ccccc2)CC[C@]2(CC1)CN(CC(=O)N1C[C@@H](O)[C@@H](O)C1)C(=O)N2CC1CCC1. The molecule has 4 fully saturated rings. The fourth-order valence-corrected chi connectivity index (χ4v) is 6.75. The zero-order valence-electron chi connectivity index (χ0n) is 21.1. The van der Waals surface area contributed by atoms with Gasteiger partial charge in [0.05, 0.1) is 17.7 Å². The van der Waals surface area contributed by atoms with Crippen LogP contribution in [0.1, 0.15) is 50.5 Å². The van der Waals surface area contributed by atoms with E-state index in [4.69, 9.17) is 0 Å². The van der Waals surface area contributed by atoms with Gasteiger partial charge in [-0.1, -0.05) is 36.8 Å². The second-order valence-electron chi connectivity index (χ2n) is 11.5. The summed E-state index contributed by atoms with van der Waals surface area (Å²) < 4.78 is 0. The highest BCUT2D eigenvalue weighted by atomic mass is 16.3. The first-order valence-electron chi connectivity index (χ1n) is 13.2. The van der Waals surface area contributed by atoms with Crippen molar-refractivity contribution in [2.24, 2.45) is 5.92 Å². The van der Waals surface area contributed by atoms with Gasteiger partial charge in [0.1, 0.15) is 6.54 Å². The highest BCUT2D eigenvalue weighted by molar-refractivity contribution is 5.86. The van der Waals surface area contributed by atoms with E-state index in [9.17, 15) is 19.8 Å². The largest absolute Gasteiger partial charge is 0.388 e. The lowest BCUT2D eigenvalue weighted by atomic mass is 9.68. The molecule has 35 heavy (non-hydrogen) atoms. The molecule has 2 saturated heterocycles. The van der Waals surface area contributed by atoms with Crippen LogP contribution in [0.4, 0.5) is 4.79 Å². The molecule has 1 aromatic rings. The molecule has 2 atom stereocenters. The molecule has 8 heteroatoms. The fourth-order valence-electron chi connectivity index (χ4n) is 6.75. The van der Waals surface area contributed by atoms with E-state index < -0.39 is 12.2 Å². The summed E-state index contributed by atoms with van der Waals surface area (Å²) in [6.45, 7) is 1.62. The summed E-state index contributed by atoms with van der Waals surface area (Å²) in [6, 6.07) is 10.7. The number of aliphatic hydroxyl groups is 2. The van der Waals surface area contributed by atoms with Crippen molar-refractivity contribution < 1.29 is 19.8 Å². The fraction of sp³-hybridized carbons (Fsp3) is 0.704. The van der Waals surface area contributed by atoms with Gasteiger partial charge in [0.15, 0.2) is 0 Å². The predicted octanol–water partition coefficient (Wildman–Crippen LogP) is 1.86. The van der Waals surface area contributed by atoms with E-state index in [1.54, 1.807) is 4.90 Å². The lowest BCUT2D eigenvalue weighted by Crippen LogP contribution is -2.56. The van der Waals surface area contributed by atoms with Gasteiger partial charge in [-0.3, -0.25) is 9.69 Å². The van der Waals surface area contributed by atoms with Crippen LogP contribution in [0.5, 0.6) is 0 Å². The standard InChI is InChI=1S/C27H40N4O4/c1-28(2)27(21-9-4-3-5-10-21)13-11-26(12-14-27)19-30(25(35)31(26)15-20-7-6-8-20)18-24(34)29-16-22(32)23(33)17-29/h3-5,9-10,20,22-23,32-33H,6-8,11-19H2,1-2H3/t22-,23+,26-,27+. The molecule has 0 unspecified atom stereocenters. The van der Waals surface area contributed by atoms with E-state index in [2.05, 4.69) is 54.2 Å². The van der Waals surface area contributed by atoms with Crippen molar-refractivity contribution in [3.63, 3.8) is 0 Å². The Morgan fingerprint density at radius 3 is 2.20 bits per heavy atom. The maximum absolute atomic E-state index is 13.7. The van der Waals surface area contributed by atoms with Gasteiger partial charge >= 0.3 is 6.03 Å². The van der Waals surface area contributed by atoms with Gasteiger partial charge in [0, 0.05) is 31.7 Å². The summed E-state index contributed by atoms with van der Waals surface area (Å²) >= 11 is 0. The minimum atomic E-state index is -0.912. The summed E-state index contributed by atoms with van der Waals surface area (Å²) in [5.74, 6) is 0.363. The van der Waals surface area contributed by atoms with Crippen molar-refractivity contribution in [3.8, 4) is 0 Å². The summed E-state index contributed by atoms with van der Waals surface area (Å²) in [5, 5.41) is 19.7. The lowest BCUT2D eigenvalue weighted by Gasteiger charge is -2.51. The third-order valence-electron chi connectivity index (χ3n) is 9.34. The summed E-state index contributed by atoms with van der Waals surface area (Å²) in [4.78, 5) is 34.3. The van der Waals surface area contributed by atoms with Crippen molar-refractivity contribution in [1.29, 1.82) is 0 Å². The van der Waals surface area contributed by atoms with E-state index >= 15 is 0 Å². The molecule has 8 nitrogen and oxygen atoms in total. The monoisotopic (exact) mass is 484 g/mol. The first-order valence-corrected chi connectivity index (χ1v) is 13.2. The number of carbonyl (C=O) groups excluding carboxylic acids is 2. The zero-order chi connectivity index (χ0) is 24.8. The number of hydrogen-bond donors (Lipinski definition) is 2. The van der Waals surface area contributed by atoms with Crippen molar-refractivity contribution in [2.75, 3.05) is 46.8 Å². The maximum Gasteiger partial charge on any atom is 0.321 e. The number of likely N-dealkylation sites (tertiary alicyclic amines) is 1. The molecule has 1 aromatic carbocycles. The average molecular weight is 485 g/mol. The van der Waals surface area contributed by atoms with Crippen LogP contribution in [0.25, 0.3) is 0 Å². The van der Waals surface area contributed by atoms with Crippen LogP contribution < -0.4 is 0 Å². The Balaban J connectivity index is 1.35. The first kappa shape index (κ1) is 24.5. The van der Waals surface area contributed by atoms with E-state index in [1.165, 1.54) is 29.7 Å². The molecule has 2 heterocycles. The lowest BCUT2D eigenvalue weighted by molar-refractivity contribution is -0.131. The van der Waals surface area contributed by atoms with Crippen LogP contribution in [0.2, 0.25) is 0 Å². The Kier molecular flexibility index (Phi) is 6.57. The van der Waals surface area contributed by atoms with Gasteiger partial charge in [-0.05, 0) is 64.1 Å². The highest BCUT2D eigenvalue weighted by Crippen LogP contribution is 2.49. The van der Waals surface area contributed by atoms with E-state index in [0.29, 0.717) is 12.5 Å². The predicted molar refractivity (Wildman–Crippen MR) is 133 cm³/mol. The van der Waals surface area contributed by atoms with Gasteiger partial charge in [0.25, 0.3) is 0 Å². The highest BCUT2D eigenvalue weighted by Gasteiger charge is 2.55. The van der Waals surface area contributed by atoms with Crippen LogP contribution in [0, 0.1) is 5.92 Å². The minimum absolute atomic E-state index is 0.0126. The summed E-state index contributed by atoms with van der Waals surface area (Å²) in [7, 11) is 4.31. The normalized spacial score (nSPS) is 33.7. The average Bonchev–Trinajstić information content (AvgIpc) is 3.28. The van der Waals surface area contributed by atoms with Gasteiger partial charge in [-0.15, -0.1) is 0 Å². The Morgan fingerprint density at radius 2 is 1.66 bits per heavy atom. The Morgan fingerprint density at radius 1 is 1.03 bits per heavy atom. The molecule has 0 aromatic heterocycles. The molecule has 192 valence electrons. The maximum atomic E-state index is 13.7. The summed E-state index contributed by atoms with van der Waals surface area (Å²) in [5.41, 5.74) is 1.03. The molecular weight excluding hydrogens is 444 g/mol. The molecule has 3 amide bonds. The number of β-amino-alcohol motifs (C(OH)–C–C–N with tert-alkyl or cyclic N) is 2. The quantitative estimate of drug-likeness (QED) is 0.644. The number of aliphatic hydroxyl groups excluding tert-OH is 2. The second kappa shape index (κ2) is 9.37. The third-order valence-corrected chi connectivity index (χ3v) is 9.34. The topological polar surface area (TPSA) is 87.6 Å². The second-order valence-corrected chi connectivity index (χ2v) is 11.5. The van der Waals surface area contributed by atoms with Gasteiger partial charge in [0.2, 0.25) is 5.91 Å². The molecule has 4 aliphatic rings. The molecule has 2 saturated carbocycles. The van der Waals surface area contributed by atoms with Gasteiger partial charge in [-0.25, -0.2) is 4.79 Å². The molecule has 1 spiro atoms. The van der Waals surface area contributed by atoms with Crippen molar-refractivity contribution in [3.05, 3.63) is 35.9 Å². The van der Waals surface area contributed by atoms with Gasteiger partial charge in [-0.2, -0.15) is 0 Å². The third kappa shape index (κ3) is 4.34. The van der Waals surface area contributed by atoms with Gasteiger partial charge < -0.3 is 24.9 Å². The summed E-state index contributed by atoms with van der Waals surface area (Å²) in [6.07, 6.45) is 5.50. The van der Waals surface area contributed by atoms with Crippen molar-refractivity contribution in [1.82, 2.24) is 19.6 Å². The van der Waals surface area contributed by atoms with Crippen molar-refractivity contribution in [2.45, 2.75) is 68.2 Å². The number of benzene rings is 1. The number of carbonyl (C=O) groups is 2. The number of rotatable bonds is 6. The number of nitrogens with zero attached hydrogens (tertiary/aromatic N) is 4. The Labute approximate surface area is 208 Å². The Bertz CT molecular complexity index is 916. The number of urea groups is 1. The van der Waals surface area contributed by atoms with E-state index in [1.807, 2.05) is 0 Å². The molecule has 2 aliphatic heterocycles. The zero-order valence-corrected chi connectivity index (χ0v) is 21.1. The number of amides is 3. The van der Waals surface area contributed by atoms with Crippen LogP contribution in [0.15, 0.2) is 30.3 Å². The smallest absolute Gasteiger partial charge is 0.321 e.